The molecule has 0 fully saturated rings. The van der Waals surface area contributed by atoms with E-state index in [4.69, 9.17) is 0 Å². The minimum Gasteiger partial charge on any atom is -0.284 e. The van der Waals surface area contributed by atoms with Crippen LogP contribution in [0.1, 0.15) is 12.0 Å². The molecular weight excluding hydrogens is 314 g/mol. The fourth-order valence-corrected chi connectivity index (χ4v) is 2.80. The maximum Gasteiger partial charge on any atom is 0.278 e. The van der Waals surface area contributed by atoms with E-state index < -0.39 is 20.2 Å². The monoisotopic (exact) mass is 335 g/mol. The van der Waals surface area contributed by atoms with Gasteiger partial charge in [-0.3, -0.25) is 4.72 Å². The smallest absolute Gasteiger partial charge is 0.278 e. The molecule has 0 heterocycles. The van der Waals surface area contributed by atoms with Crippen molar-refractivity contribution in [3.05, 3.63) is 29.8 Å². The molecule has 0 aliphatic heterocycles. The van der Waals surface area contributed by atoms with Gasteiger partial charge >= 0.3 is 0 Å². The molecule has 0 radical (unpaired) electrons. The molecule has 0 bridgehead atoms. The summed E-state index contributed by atoms with van der Waals surface area (Å²) in [6, 6.07) is 6.99. The van der Waals surface area contributed by atoms with Crippen LogP contribution in [-0.2, 0) is 26.7 Å². The van der Waals surface area contributed by atoms with Crippen molar-refractivity contribution in [3.8, 4) is 0 Å². The second-order valence-electron chi connectivity index (χ2n) is 4.86. The predicted molar refractivity (Wildman–Crippen MR) is 83.8 cm³/mol. The topological polar surface area (TPSA) is 95.6 Å². The van der Waals surface area contributed by atoms with E-state index >= 15 is 0 Å². The number of hydrogen-bond acceptors (Lipinski definition) is 4. The Morgan fingerprint density at radius 3 is 2.10 bits per heavy atom. The summed E-state index contributed by atoms with van der Waals surface area (Å²) in [6.45, 7) is 0.351. The van der Waals surface area contributed by atoms with E-state index in [1.54, 1.807) is 12.1 Å². The molecule has 0 spiro atoms. The van der Waals surface area contributed by atoms with Crippen LogP contribution in [0.2, 0.25) is 0 Å². The van der Waals surface area contributed by atoms with E-state index in [0.29, 0.717) is 25.1 Å². The van der Waals surface area contributed by atoms with Crippen molar-refractivity contribution in [1.29, 1.82) is 0 Å². The largest absolute Gasteiger partial charge is 0.284 e. The molecule has 0 saturated carbocycles. The molecule has 0 atom stereocenters. The van der Waals surface area contributed by atoms with E-state index in [-0.39, 0.29) is 0 Å². The molecule has 9 heteroatoms. The Morgan fingerprint density at radius 1 is 1.05 bits per heavy atom. The van der Waals surface area contributed by atoms with Crippen LogP contribution in [0.4, 0.5) is 5.69 Å². The van der Waals surface area contributed by atoms with Crippen LogP contribution in [0.3, 0.4) is 0 Å². The predicted octanol–water partition coefficient (Wildman–Crippen LogP) is 0.387. The molecule has 1 rings (SSSR count). The number of nitrogens with one attached hydrogen (secondary N) is 2. The minimum absolute atomic E-state index is 0.351. The van der Waals surface area contributed by atoms with Gasteiger partial charge < -0.3 is 0 Å². The van der Waals surface area contributed by atoms with Crippen molar-refractivity contribution in [2.24, 2.45) is 0 Å². The van der Waals surface area contributed by atoms with Crippen molar-refractivity contribution in [2.75, 3.05) is 31.6 Å². The second kappa shape index (κ2) is 7.21. The molecule has 120 valence electrons. The highest BCUT2D eigenvalue weighted by molar-refractivity contribution is 7.92. The Bertz CT molecular complexity index is 652. The van der Waals surface area contributed by atoms with Gasteiger partial charge in [0.05, 0.1) is 6.26 Å². The van der Waals surface area contributed by atoms with Gasteiger partial charge in [-0.25, -0.2) is 13.1 Å². The zero-order valence-corrected chi connectivity index (χ0v) is 14.0. The molecule has 0 aliphatic rings. The first-order chi connectivity index (χ1) is 9.60. The van der Waals surface area contributed by atoms with E-state index in [2.05, 4.69) is 9.44 Å². The highest BCUT2D eigenvalue weighted by Crippen LogP contribution is 2.12. The zero-order chi connectivity index (χ0) is 16.1. The Labute approximate surface area is 126 Å². The normalized spacial score (nSPS) is 12.6. The Morgan fingerprint density at radius 2 is 1.62 bits per heavy atom. The summed E-state index contributed by atoms with van der Waals surface area (Å²) in [5.41, 5.74) is 1.52. The van der Waals surface area contributed by atoms with Crippen molar-refractivity contribution >= 4 is 25.9 Å². The van der Waals surface area contributed by atoms with Crippen LogP contribution < -0.4 is 9.44 Å². The first-order valence-corrected chi connectivity index (χ1v) is 9.67. The summed E-state index contributed by atoms with van der Waals surface area (Å²) in [5.74, 6) is 0. The molecule has 0 amide bonds. The van der Waals surface area contributed by atoms with Crippen molar-refractivity contribution < 1.29 is 16.8 Å². The molecule has 0 unspecified atom stereocenters. The van der Waals surface area contributed by atoms with Crippen LogP contribution in [0, 0.1) is 0 Å². The van der Waals surface area contributed by atoms with Gasteiger partial charge in [-0.2, -0.15) is 12.7 Å². The molecule has 1 aromatic carbocycles. The number of benzene rings is 1. The first kappa shape index (κ1) is 17.9. The molecule has 7 nitrogen and oxygen atoms in total. The van der Waals surface area contributed by atoms with E-state index in [0.717, 1.165) is 16.1 Å². The van der Waals surface area contributed by atoms with Crippen LogP contribution in [0.15, 0.2) is 24.3 Å². The minimum atomic E-state index is -3.37. The number of anilines is 1. The summed E-state index contributed by atoms with van der Waals surface area (Å²) in [5, 5.41) is 0. The SMILES string of the molecule is CN(C)S(=O)(=O)NCCCc1ccc(NS(C)(=O)=O)cc1. The maximum absolute atomic E-state index is 11.5. The molecule has 0 aliphatic carbocycles. The lowest BCUT2D eigenvalue weighted by Crippen LogP contribution is -2.36. The zero-order valence-electron chi connectivity index (χ0n) is 12.3. The highest BCUT2D eigenvalue weighted by atomic mass is 32.2. The average molecular weight is 335 g/mol. The average Bonchev–Trinajstić information content (AvgIpc) is 2.34. The molecule has 1 aromatic rings. The Kier molecular flexibility index (Phi) is 6.14. The Hall–Kier alpha value is -1.16. The van der Waals surface area contributed by atoms with Gasteiger partial charge in [0.15, 0.2) is 0 Å². The van der Waals surface area contributed by atoms with Gasteiger partial charge in [-0.1, -0.05) is 12.1 Å². The summed E-state index contributed by atoms with van der Waals surface area (Å²) < 4.78 is 51.1. The van der Waals surface area contributed by atoms with Crippen LogP contribution in [0.25, 0.3) is 0 Å². The summed E-state index contributed by atoms with van der Waals surface area (Å²) in [6.07, 6.45) is 2.46. The number of hydrogen-bond donors (Lipinski definition) is 2. The van der Waals surface area contributed by atoms with Crippen LogP contribution in [-0.4, -0.2) is 48.0 Å². The van der Waals surface area contributed by atoms with E-state index in [1.165, 1.54) is 14.1 Å². The van der Waals surface area contributed by atoms with Crippen LogP contribution in [0.5, 0.6) is 0 Å². The summed E-state index contributed by atoms with van der Waals surface area (Å²) in [7, 11) is -3.70. The fraction of sp³-hybridized carbons (Fsp3) is 0.500. The maximum atomic E-state index is 11.5. The molecule has 21 heavy (non-hydrogen) atoms. The number of rotatable bonds is 8. The molecule has 2 N–H and O–H groups in total. The third-order valence-corrected chi connectivity index (χ3v) is 4.80. The summed E-state index contributed by atoms with van der Waals surface area (Å²) in [4.78, 5) is 0. The lowest BCUT2D eigenvalue weighted by atomic mass is 10.1. The van der Waals surface area contributed by atoms with E-state index in [1.807, 2.05) is 12.1 Å². The Balaban J connectivity index is 2.44. The van der Waals surface area contributed by atoms with Gasteiger partial charge in [0.25, 0.3) is 10.2 Å². The first-order valence-electron chi connectivity index (χ1n) is 6.34. The van der Waals surface area contributed by atoms with Gasteiger partial charge in [0.2, 0.25) is 10.0 Å². The number of aryl methyl sites for hydroxylation is 1. The van der Waals surface area contributed by atoms with Crippen molar-refractivity contribution in [1.82, 2.24) is 9.03 Å². The van der Waals surface area contributed by atoms with E-state index in [9.17, 15) is 16.8 Å². The lowest BCUT2D eigenvalue weighted by molar-refractivity contribution is 0.504. The van der Waals surface area contributed by atoms with Gasteiger partial charge in [-0.15, -0.1) is 0 Å². The summed E-state index contributed by atoms with van der Waals surface area (Å²) >= 11 is 0. The number of sulfonamides is 1. The molecular formula is C12H21N3O4S2. The quantitative estimate of drug-likeness (QED) is 0.672. The third-order valence-electron chi connectivity index (χ3n) is 2.66. The van der Waals surface area contributed by atoms with Gasteiger partial charge in [0, 0.05) is 26.3 Å². The second-order valence-corrected chi connectivity index (χ2v) is 8.57. The fourth-order valence-electron chi connectivity index (χ4n) is 1.58. The van der Waals surface area contributed by atoms with Crippen molar-refractivity contribution in [2.45, 2.75) is 12.8 Å². The molecule has 0 aromatic heterocycles. The lowest BCUT2D eigenvalue weighted by Gasteiger charge is -2.12. The molecule has 0 saturated heterocycles. The highest BCUT2D eigenvalue weighted by Gasteiger charge is 2.11. The standard InChI is InChI=1S/C12H21N3O4S2/c1-15(2)21(18,19)13-10-4-5-11-6-8-12(9-7-11)14-20(3,16)17/h6-9,13-14H,4-5,10H2,1-3H3. The number of nitrogens with zero attached hydrogens (tertiary/aromatic N) is 1. The van der Waals surface area contributed by atoms with Gasteiger partial charge in [-0.05, 0) is 30.5 Å². The van der Waals surface area contributed by atoms with Gasteiger partial charge in [0.1, 0.15) is 0 Å². The van der Waals surface area contributed by atoms with Crippen molar-refractivity contribution in [3.63, 3.8) is 0 Å². The third kappa shape index (κ3) is 6.89. The van der Waals surface area contributed by atoms with Crippen LogP contribution >= 0.6 is 0 Å².